The lowest BCUT2D eigenvalue weighted by atomic mass is 10.2. The molecule has 0 spiro atoms. The molecule has 112 valence electrons. The van der Waals surface area contributed by atoms with Gasteiger partial charge in [-0.05, 0) is 46.1 Å². The Morgan fingerprint density at radius 1 is 1.05 bits per heavy atom. The molecule has 2 rings (SSSR count). The zero-order valence-corrected chi connectivity index (χ0v) is 13.4. The molecule has 0 saturated heterocycles. The first kappa shape index (κ1) is 16.1. The first-order valence-electron chi connectivity index (χ1n) is 7.02. The number of ether oxygens (including phenoxy) is 1. The summed E-state index contributed by atoms with van der Waals surface area (Å²) in [7, 11) is 0. The minimum Gasteiger partial charge on any atom is -0.377 e. The van der Waals surface area contributed by atoms with Gasteiger partial charge in [-0.15, -0.1) is 0 Å². The molecule has 0 saturated carbocycles. The van der Waals surface area contributed by atoms with Crippen LogP contribution in [-0.4, -0.2) is 13.2 Å². The van der Waals surface area contributed by atoms with Crippen LogP contribution in [0.5, 0.6) is 0 Å². The second kappa shape index (κ2) is 8.93. The molecule has 0 unspecified atom stereocenters. The summed E-state index contributed by atoms with van der Waals surface area (Å²) in [5.74, 6) is -0.249. The van der Waals surface area contributed by atoms with E-state index in [4.69, 9.17) is 4.74 Å². The van der Waals surface area contributed by atoms with Crippen LogP contribution in [0.2, 0.25) is 0 Å². The van der Waals surface area contributed by atoms with Crippen LogP contribution in [0.3, 0.4) is 0 Å². The third-order valence-electron chi connectivity index (χ3n) is 3.10. The summed E-state index contributed by atoms with van der Waals surface area (Å²) in [6.07, 6.45) is 0.930. The molecule has 0 heterocycles. The Labute approximate surface area is 133 Å². The lowest BCUT2D eigenvalue weighted by Gasteiger charge is -2.08. The van der Waals surface area contributed by atoms with Crippen molar-refractivity contribution in [2.45, 2.75) is 19.6 Å². The molecule has 0 fully saturated rings. The minimum absolute atomic E-state index is 0.249. The highest BCUT2D eigenvalue weighted by Crippen LogP contribution is 2.20. The molecule has 0 aliphatic heterocycles. The van der Waals surface area contributed by atoms with Gasteiger partial charge in [0.1, 0.15) is 5.82 Å². The van der Waals surface area contributed by atoms with Crippen LogP contribution in [0.4, 0.5) is 4.39 Å². The monoisotopic (exact) mass is 351 g/mol. The normalized spacial score (nSPS) is 10.8. The molecule has 0 aromatic heterocycles. The third kappa shape index (κ3) is 5.58. The average molecular weight is 352 g/mol. The van der Waals surface area contributed by atoms with Crippen molar-refractivity contribution < 1.29 is 9.13 Å². The van der Waals surface area contributed by atoms with Gasteiger partial charge in [-0.3, -0.25) is 0 Å². The maximum absolute atomic E-state index is 13.3. The number of hydrogen-bond acceptors (Lipinski definition) is 2. The van der Waals surface area contributed by atoms with Gasteiger partial charge in [-0.2, -0.15) is 0 Å². The van der Waals surface area contributed by atoms with Crippen molar-refractivity contribution >= 4 is 15.9 Å². The predicted molar refractivity (Wildman–Crippen MR) is 86.5 cm³/mol. The van der Waals surface area contributed by atoms with E-state index in [0.717, 1.165) is 25.1 Å². The van der Waals surface area contributed by atoms with Crippen molar-refractivity contribution in [2.24, 2.45) is 0 Å². The lowest BCUT2D eigenvalue weighted by molar-refractivity contribution is 0.117. The van der Waals surface area contributed by atoms with Crippen LogP contribution in [0.1, 0.15) is 17.5 Å². The second-order valence-corrected chi connectivity index (χ2v) is 5.57. The summed E-state index contributed by atoms with van der Waals surface area (Å²) in [5, 5.41) is 3.37. The Kier molecular flexibility index (Phi) is 6.86. The van der Waals surface area contributed by atoms with E-state index in [2.05, 4.69) is 33.4 Å². The molecule has 0 aliphatic rings. The number of benzene rings is 2. The molecule has 0 bridgehead atoms. The van der Waals surface area contributed by atoms with Gasteiger partial charge in [0.25, 0.3) is 0 Å². The fourth-order valence-electron chi connectivity index (χ4n) is 1.97. The highest BCUT2D eigenvalue weighted by Gasteiger charge is 2.04. The van der Waals surface area contributed by atoms with Crippen molar-refractivity contribution in [3.8, 4) is 0 Å². The number of rotatable bonds is 8. The smallest absolute Gasteiger partial charge is 0.137 e. The number of halogens is 2. The molecule has 0 amide bonds. The second-order valence-electron chi connectivity index (χ2n) is 4.78. The summed E-state index contributed by atoms with van der Waals surface area (Å²) in [6, 6.07) is 15.3. The van der Waals surface area contributed by atoms with E-state index in [1.807, 2.05) is 24.3 Å². The van der Waals surface area contributed by atoms with Gasteiger partial charge in [0.15, 0.2) is 0 Å². The Hall–Kier alpha value is -1.23. The minimum atomic E-state index is -0.249. The van der Waals surface area contributed by atoms with Crippen molar-refractivity contribution in [2.75, 3.05) is 13.2 Å². The van der Waals surface area contributed by atoms with E-state index in [1.165, 1.54) is 11.6 Å². The summed E-state index contributed by atoms with van der Waals surface area (Å²) < 4.78 is 19.4. The summed E-state index contributed by atoms with van der Waals surface area (Å²) in [6.45, 7) is 2.86. The van der Waals surface area contributed by atoms with Gasteiger partial charge in [0.05, 0.1) is 11.1 Å². The highest BCUT2D eigenvalue weighted by molar-refractivity contribution is 9.10. The van der Waals surface area contributed by atoms with E-state index >= 15 is 0 Å². The van der Waals surface area contributed by atoms with Crippen LogP contribution in [0.15, 0.2) is 53.0 Å². The predicted octanol–water partition coefficient (Wildman–Crippen LogP) is 4.28. The molecule has 0 radical (unpaired) electrons. The standard InChI is InChI=1S/C17H19BrFNO/c18-17-15(8-4-9-16(17)19)13-21-11-5-10-20-12-14-6-2-1-3-7-14/h1-4,6-9,20H,5,10-13H2. The lowest BCUT2D eigenvalue weighted by Crippen LogP contribution is -2.16. The maximum Gasteiger partial charge on any atom is 0.137 e. The average Bonchev–Trinajstić information content (AvgIpc) is 2.51. The molecule has 0 aliphatic carbocycles. The van der Waals surface area contributed by atoms with Gasteiger partial charge < -0.3 is 10.1 Å². The third-order valence-corrected chi connectivity index (χ3v) is 3.99. The summed E-state index contributed by atoms with van der Waals surface area (Å²) >= 11 is 3.23. The molecule has 2 aromatic rings. The van der Waals surface area contributed by atoms with Gasteiger partial charge in [-0.1, -0.05) is 42.5 Å². The summed E-state index contributed by atoms with van der Waals surface area (Å²) in [5.41, 5.74) is 2.12. The summed E-state index contributed by atoms with van der Waals surface area (Å²) in [4.78, 5) is 0. The Balaban J connectivity index is 1.57. The number of nitrogens with one attached hydrogen (secondary N) is 1. The first-order valence-corrected chi connectivity index (χ1v) is 7.82. The van der Waals surface area contributed by atoms with Gasteiger partial charge in [0.2, 0.25) is 0 Å². The van der Waals surface area contributed by atoms with Crippen LogP contribution in [0, 0.1) is 5.82 Å². The molecule has 2 nitrogen and oxygen atoms in total. The van der Waals surface area contributed by atoms with E-state index in [0.29, 0.717) is 17.7 Å². The van der Waals surface area contributed by atoms with Gasteiger partial charge in [-0.25, -0.2) is 4.39 Å². The first-order chi connectivity index (χ1) is 10.3. The molecule has 1 N–H and O–H groups in total. The maximum atomic E-state index is 13.3. The SMILES string of the molecule is Fc1cccc(COCCCNCc2ccccc2)c1Br. The molecule has 0 atom stereocenters. The topological polar surface area (TPSA) is 21.3 Å². The molecular weight excluding hydrogens is 333 g/mol. The number of hydrogen-bond donors (Lipinski definition) is 1. The zero-order valence-electron chi connectivity index (χ0n) is 11.8. The van der Waals surface area contributed by atoms with E-state index < -0.39 is 0 Å². The van der Waals surface area contributed by atoms with Gasteiger partial charge >= 0.3 is 0 Å². The van der Waals surface area contributed by atoms with E-state index in [1.54, 1.807) is 6.07 Å². The van der Waals surface area contributed by atoms with E-state index in [-0.39, 0.29) is 5.82 Å². The Morgan fingerprint density at radius 2 is 1.86 bits per heavy atom. The van der Waals surface area contributed by atoms with Crippen LogP contribution in [0.25, 0.3) is 0 Å². The van der Waals surface area contributed by atoms with Crippen LogP contribution >= 0.6 is 15.9 Å². The highest BCUT2D eigenvalue weighted by atomic mass is 79.9. The largest absolute Gasteiger partial charge is 0.377 e. The van der Waals surface area contributed by atoms with E-state index in [9.17, 15) is 4.39 Å². The Bertz CT molecular complexity index is 548. The Morgan fingerprint density at radius 3 is 2.67 bits per heavy atom. The molecule has 2 aromatic carbocycles. The fourth-order valence-corrected chi connectivity index (χ4v) is 2.35. The molecule has 4 heteroatoms. The molecule has 21 heavy (non-hydrogen) atoms. The fraction of sp³-hybridized carbons (Fsp3) is 0.294. The van der Waals surface area contributed by atoms with Crippen LogP contribution in [-0.2, 0) is 17.9 Å². The van der Waals surface area contributed by atoms with Crippen molar-refractivity contribution in [3.63, 3.8) is 0 Å². The van der Waals surface area contributed by atoms with Crippen molar-refractivity contribution in [1.29, 1.82) is 0 Å². The van der Waals surface area contributed by atoms with Crippen molar-refractivity contribution in [3.05, 3.63) is 69.9 Å². The quantitative estimate of drug-likeness (QED) is 0.716. The van der Waals surface area contributed by atoms with Crippen molar-refractivity contribution in [1.82, 2.24) is 5.32 Å². The van der Waals surface area contributed by atoms with Gasteiger partial charge in [0, 0.05) is 13.2 Å². The van der Waals surface area contributed by atoms with Crippen LogP contribution < -0.4 is 5.32 Å². The molecular formula is C17H19BrFNO. The zero-order chi connectivity index (χ0) is 14.9.